The molecule has 0 bridgehead atoms. The number of ether oxygens (including phenoxy) is 1. The van der Waals surface area contributed by atoms with Crippen molar-refractivity contribution in [3.8, 4) is 5.75 Å². The van der Waals surface area contributed by atoms with Gasteiger partial charge in [0.15, 0.2) is 0 Å². The van der Waals surface area contributed by atoms with Gasteiger partial charge in [0.2, 0.25) is 5.91 Å². The minimum Gasteiger partial charge on any atom is -0.434 e. The van der Waals surface area contributed by atoms with Gasteiger partial charge in [-0.3, -0.25) is 4.79 Å². The maximum atomic E-state index is 12.4. The number of carbonyl (C=O) groups is 1. The van der Waals surface area contributed by atoms with E-state index in [1.807, 2.05) is 0 Å². The standard InChI is InChI=1S/C16H22F2N2O2/c1-11(12-7-3-4-8-13(12)22-15(17)18)20-14(21)16(19)9-5-2-6-10-16/h3-4,7-8,11,15H,2,5-6,9-10,19H2,1H3,(H,20,21). The lowest BCUT2D eigenvalue weighted by atomic mass is 9.81. The summed E-state index contributed by atoms with van der Waals surface area (Å²) >= 11 is 0. The minimum atomic E-state index is -2.90. The van der Waals surface area contributed by atoms with Gasteiger partial charge < -0.3 is 15.8 Å². The Kier molecular flexibility index (Phi) is 5.34. The van der Waals surface area contributed by atoms with E-state index in [0.717, 1.165) is 19.3 Å². The van der Waals surface area contributed by atoms with Gasteiger partial charge in [-0.05, 0) is 25.8 Å². The fourth-order valence-corrected chi connectivity index (χ4v) is 2.87. The van der Waals surface area contributed by atoms with E-state index in [4.69, 9.17) is 5.73 Å². The van der Waals surface area contributed by atoms with Crippen molar-refractivity contribution in [2.75, 3.05) is 0 Å². The van der Waals surface area contributed by atoms with Crippen molar-refractivity contribution in [3.05, 3.63) is 29.8 Å². The third-order valence-corrected chi connectivity index (χ3v) is 4.15. The van der Waals surface area contributed by atoms with Gasteiger partial charge in [0.1, 0.15) is 5.75 Å². The average Bonchev–Trinajstić information content (AvgIpc) is 2.47. The summed E-state index contributed by atoms with van der Waals surface area (Å²) in [6.07, 6.45) is 4.26. The Morgan fingerprint density at radius 3 is 2.55 bits per heavy atom. The molecule has 0 aromatic heterocycles. The van der Waals surface area contributed by atoms with E-state index < -0.39 is 18.2 Å². The zero-order chi connectivity index (χ0) is 16.2. The number of nitrogens with one attached hydrogen (secondary N) is 1. The smallest absolute Gasteiger partial charge is 0.387 e. The second-order valence-corrected chi connectivity index (χ2v) is 5.83. The molecule has 0 saturated heterocycles. The third kappa shape index (κ3) is 3.94. The van der Waals surface area contributed by atoms with Crippen molar-refractivity contribution in [2.45, 2.75) is 57.2 Å². The van der Waals surface area contributed by atoms with Gasteiger partial charge in [0, 0.05) is 5.56 Å². The predicted octanol–water partition coefficient (Wildman–Crippen LogP) is 3.13. The molecule has 1 unspecified atom stereocenters. The number of rotatable bonds is 5. The van der Waals surface area contributed by atoms with Crippen molar-refractivity contribution in [1.29, 1.82) is 0 Å². The van der Waals surface area contributed by atoms with E-state index in [1.54, 1.807) is 25.1 Å². The van der Waals surface area contributed by atoms with E-state index >= 15 is 0 Å². The number of halogens is 2. The maximum absolute atomic E-state index is 12.4. The Balaban J connectivity index is 2.08. The van der Waals surface area contributed by atoms with E-state index in [2.05, 4.69) is 10.1 Å². The van der Waals surface area contributed by atoms with Crippen LogP contribution in [0, 0.1) is 0 Å². The van der Waals surface area contributed by atoms with E-state index in [0.29, 0.717) is 18.4 Å². The molecule has 3 N–H and O–H groups in total. The molecule has 22 heavy (non-hydrogen) atoms. The number of benzene rings is 1. The Labute approximate surface area is 129 Å². The molecule has 1 aromatic carbocycles. The summed E-state index contributed by atoms with van der Waals surface area (Å²) in [5.74, 6) is -0.161. The summed E-state index contributed by atoms with van der Waals surface area (Å²) in [6.45, 7) is -1.17. The monoisotopic (exact) mass is 312 g/mol. The highest BCUT2D eigenvalue weighted by molar-refractivity contribution is 5.86. The Bertz CT molecular complexity index is 517. The van der Waals surface area contributed by atoms with E-state index in [-0.39, 0.29) is 11.7 Å². The van der Waals surface area contributed by atoms with Gasteiger partial charge in [-0.1, -0.05) is 37.5 Å². The quantitative estimate of drug-likeness (QED) is 0.878. The van der Waals surface area contributed by atoms with Gasteiger partial charge in [-0.25, -0.2) is 0 Å². The summed E-state index contributed by atoms with van der Waals surface area (Å²) in [5, 5.41) is 2.83. The van der Waals surface area contributed by atoms with Crippen LogP contribution in [0.4, 0.5) is 8.78 Å². The van der Waals surface area contributed by atoms with Crippen LogP contribution in [0.15, 0.2) is 24.3 Å². The molecule has 1 aliphatic carbocycles. The number of carbonyl (C=O) groups excluding carboxylic acids is 1. The number of para-hydroxylation sites is 1. The molecule has 0 aliphatic heterocycles. The molecule has 122 valence electrons. The van der Waals surface area contributed by atoms with Crippen LogP contribution in [0.3, 0.4) is 0 Å². The lowest BCUT2D eigenvalue weighted by molar-refractivity contribution is -0.128. The van der Waals surface area contributed by atoms with Crippen LogP contribution >= 0.6 is 0 Å². The molecule has 1 saturated carbocycles. The Morgan fingerprint density at radius 1 is 1.27 bits per heavy atom. The largest absolute Gasteiger partial charge is 0.434 e. The summed E-state index contributed by atoms with van der Waals surface area (Å²) in [5.41, 5.74) is 5.84. The molecule has 0 heterocycles. The maximum Gasteiger partial charge on any atom is 0.387 e. The zero-order valence-corrected chi connectivity index (χ0v) is 12.6. The van der Waals surface area contributed by atoms with Crippen LogP contribution in [0.1, 0.15) is 50.6 Å². The summed E-state index contributed by atoms with van der Waals surface area (Å²) in [7, 11) is 0. The molecule has 1 atom stereocenters. The first kappa shape index (κ1) is 16.7. The van der Waals surface area contributed by atoms with Crippen LogP contribution in [0.5, 0.6) is 5.75 Å². The van der Waals surface area contributed by atoms with Gasteiger partial charge in [-0.2, -0.15) is 8.78 Å². The van der Waals surface area contributed by atoms with Gasteiger partial charge >= 0.3 is 6.61 Å². The second-order valence-electron chi connectivity index (χ2n) is 5.83. The molecule has 2 rings (SSSR count). The average molecular weight is 312 g/mol. The van der Waals surface area contributed by atoms with Gasteiger partial charge in [-0.15, -0.1) is 0 Å². The molecule has 1 fully saturated rings. The summed E-state index contributed by atoms with van der Waals surface area (Å²) < 4.78 is 29.4. The molecule has 1 aliphatic rings. The highest BCUT2D eigenvalue weighted by Gasteiger charge is 2.36. The van der Waals surface area contributed by atoms with Crippen molar-refractivity contribution < 1.29 is 18.3 Å². The normalized spacial score (nSPS) is 18.8. The van der Waals surface area contributed by atoms with E-state index in [9.17, 15) is 13.6 Å². The summed E-state index contributed by atoms with van der Waals surface area (Å²) in [4.78, 5) is 12.4. The minimum absolute atomic E-state index is 0.0695. The van der Waals surface area contributed by atoms with Crippen molar-refractivity contribution in [1.82, 2.24) is 5.32 Å². The molecule has 1 amide bonds. The molecule has 0 spiro atoms. The fraction of sp³-hybridized carbons (Fsp3) is 0.562. The number of alkyl halides is 2. The first-order valence-electron chi connectivity index (χ1n) is 7.56. The van der Waals surface area contributed by atoms with E-state index in [1.165, 1.54) is 6.07 Å². The Morgan fingerprint density at radius 2 is 1.91 bits per heavy atom. The van der Waals surface area contributed by atoms with Crippen LogP contribution in [-0.2, 0) is 4.79 Å². The lowest BCUT2D eigenvalue weighted by Gasteiger charge is -2.33. The number of amides is 1. The van der Waals surface area contributed by atoms with Crippen LogP contribution < -0.4 is 15.8 Å². The van der Waals surface area contributed by atoms with Crippen LogP contribution in [-0.4, -0.2) is 18.1 Å². The molecule has 1 aromatic rings. The topological polar surface area (TPSA) is 64.4 Å². The number of hydrogen-bond donors (Lipinski definition) is 2. The van der Waals surface area contributed by atoms with Crippen LogP contribution in [0.25, 0.3) is 0 Å². The highest BCUT2D eigenvalue weighted by Crippen LogP contribution is 2.29. The molecular formula is C16H22F2N2O2. The zero-order valence-electron chi connectivity index (χ0n) is 12.6. The van der Waals surface area contributed by atoms with Crippen LogP contribution in [0.2, 0.25) is 0 Å². The lowest BCUT2D eigenvalue weighted by Crippen LogP contribution is -2.55. The summed E-state index contributed by atoms with van der Waals surface area (Å²) in [6, 6.07) is 6.00. The third-order valence-electron chi connectivity index (χ3n) is 4.15. The molecule has 6 heteroatoms. The van der Waals surface area contributed by atoms with Crippen molar-refractivity contribution in [2.24, 2.45) is 5.73 Å². The van der Waals surface area contributed by atoms with Gasteiger partial charge in [0.05, 0.1) is 11.6 Å². The predicted molar refractivity (Wildman–Crippen MR) is 79.6 cm³/mol. The van der Waals surface area contributed by atoms with Gasteiger partial charge in [0.25, 0.3) is 0 Å². The molecule has 4 nitrogen and oxygen atoms in total. The fourth-order valence-electron chi connectivity index (χ4n) is 2.87. The number of hydrogen-bond acceptors (Lipinski definition) is 3. The SMILES string of the molecule is CC(NC(=O)C1(N)CCCCC1)c1ccccc1OC(F)F. The second kappa shape index (κ2) is 7.05. The first-order valence-corrected chi connectivity index (χ1v) is 7.56. The molecular weight excluding hydrogens is 290 g/mol. The highest BCUT2D eigenvalue weighted by atomic mass is 19.3. The first-order chi connectivity index (χ1) is 10.4. The number of nitrogens with two attached hydrogens (primary N) is 1. The van der Waals surface area contributed by atoms with Crippen molar-refractivity contribution >= 4 is 5.91 Å². The molecule has 0 radical (unpaired) electrons. The Hall–Kier alpha value is -1.69. The van der Waals surface area contributed by atoms with Crippen molar-refractivity contribution in [3.63, 3.8) is 0 Å².